The SMILES string of the molecule is CC(C(=O)Nc1ccc(Cl)cc1N)N(C)C(C)C(C)(C)C. The number of nitrogen functional groups attached to an aromatic ring is 1. The van der Waals surface area contributed by atoms with Gasteiger partial charge in [-0.25, -0.2) is 0 Å². The average molecular weight is 312 g/mol. The molecule has 2 atom stereocenters. The van der Waals surface area contributed by atoms with Crippen LogP contribution in [0.15, 0.2) is 18.2 Å². The molecule has 1 aromatic carbocycles. The summed E-state index contributed by atoms with van der Waals surface area (Å²) in [6, 6.07) is 5.06. The standard InChI is InChI=1S/C16H26ClN3O/c1-10(20(6)11(2)16(3,4)5)15(21)19-14-8-7-12(17)9-13(14)18/h7-11H,18H2,1-6H3,(H,19,21). The van der Waals surface area contributed by atoms with E-state index >= 15 is 0 Å². The molecule has 0 aliphatic heterocycles. The summed E-state index contributed by atoms with van der Waals surface area (Å²) in [6.07, 6.45) is 0. The first-order valence-electron chi connectivity index (χ1n) is 7.12. The summed E-state index contributed by atoms with van der Waals surface area (Å²) in [5.41, 5.74) is 7.02. The zero-order chi connectivity index (χ0) is 16.4. The smallest absolute Gasteiger partial charge is 0.241 e. The highest BCUT2D eigenvalue weighted by molar-refractivity contribution is 6.31. The molecule has 0 fully saturated rings. The molecule has 0 aliphatic rings. The van der Waals surface area contributed by atoms with Crippen LogP contribution < -0.4 is 11.1 Å². The van der Waals surface area contributed by atoms with Gasteiger partial charge in [-0.2, -0.15) is 0 Å². The second-order valence-corrected chi connectivity index (χ2v) is 7.04. The molecule has 1 amide bonds. The lowest BCUT2D eigenvalue weighted by Gasteiger charge is -2.38. The number of halogens is 1. The van der Waals surface area contributed by atoms with Crippen LogP contribution in [0.1, 0.15) is 34.6 Å². The Bertz CT molecular complexity index is 511. The predicted molar refractivity (Wildman–Crippen MR) is 90.6 cm³/mol. The summed E-state index contributed by atoms with van der Waals surface area (Å²) < 4.78 is 0. The van der Waals surface area contributed by atoms with Gasteiger partial charge in [-0.05, 0) is 44.5 Å². The third kappa shape index (κ3) is 4.61. The first-order valence-corrected chi connectivity index (χ1v) is 7.49. The fourth-order valence-corrected chi connectivity index (χ4v) is 2.20. The Morgan fingerprint density at radius 2 is 1.90 bits per heavy atom. The highest BCUT2D eigenvalue weighted by atomic mass is 35.5. The van der Waals surface area contributed by atoms with Crippen LogP contribution in [-0.2, 0) is 4.79 Å². The molecule has 0 radical (unpaired) electrons. The highest BCUT2D eigenvalue weighted by Gasteiger charge is 2.29. The molecule has 1 aromatic rings. The number of rotatable bonds is 4. The third-order valence-electron chi connectivity index (χ3n) is 4.13. The van der Waals surface area contributed by atoms with E-state index in [1.165, 1.54) is 0 Å². The molecule has 0 saturated heterocycles. The van der Waals surface area contributed by atoms with Crippen molar-refractivity contribution in [3.05, 3.63) is 23.2 Å². The average Bonchev–Trinajstić information content (AvgIpc) is 2.38. The van der Waals surface area contributed by atoms with Crippen LogP contribution >= 0.6 is 11.6 Å². The van der Waals surface area contributed by atoms with Gasteiger partial charge >= 0.3 is 0 Å². The van der Waals surface area contributed by atoms with Crippen LogP contribution in [0.25, 0.3) is 0 Å². The van der Waals surface area contributed by atoms with Gasteiger partial charge in [-0.3, -0.25) is 9.69 Å². The maximum atomic E-state index is 12.4. The minimum atomic E-state index is -0.255. The van der Waals surface area contributed by atoms with Crippen molar-refractivity contribution in [3.8, 4) is 0 Å². The van der Waals surface area contributed by atoms with Crippen molar-refractivity contribution in [1.82, 2.24) is 4.90 Å². The number of hydrogen-bond donors (Lipinski definition) is 2. The van der Waals surface area contributed by atoms with E-state index in [1.807, 2.05) is 14.0 Å². The second kappa shape index (κ2) is 6.67. The monoisotopic (exact) mass is 311 g/mol. The molecule has 1 rings (SSSR count). The molecule has 0 spiro atoms. The molecule has 5 heteroatoms. The number of nitrogens with one attached hydrogen (secondary N) is 1. The summed E-state index contributed by atoms with van der Waals surface area (Å²) in [5, 5.41) is 3.41. The van der Waals surface area contributed by atoms with E-state index in [0.29, 0.717) is 16.4 Å². The minimum Gasteiger partial charge on any atom is -0.397 e. The zero-order valence-corrected chi connectivity index (χ0v) is 14.5. The Morgan fingerprint density at radius 1 is 1.33 bits per heavy atom. The van der Waals surface area contributed by atoms with Crippen molar-refractivity contribution in [3.63, 3.8) is 0 Å². The van der Waals surface area contributed by atoms with Crippen molar-refractivity contribution in [2.45, 2.75) is 46.7 Å². The summed E-state index contributed by atoms with van der Waals surface area (Å²) in [5.74, 6) is -0.0809. The van der Waals surface area contributed by atoms with Gasteiger partial charge in [0.1, 0.15) is 0 Å². The van der Waals surface area contributed by atoms with Crippen LogP contribution in [0.5, 0.6) is 0 Å². The van der Waals surface area contributed by atoms with Gasteiger partial charge in [-0.1, -0.05) is 32.4 Å². The Kier molecular flexibility index (Phi) is 5.65. The van der Waals surface area contributed by atoms with Crippen LogP contribution in [-0.4, -0.2) is 29.9 Å². The Labute approximate surface area is 132 Å². The molecule has 0 saturated carbocycles. The number of hydrogen-bond acceptors (Lipinski definition) is 3. The number of nitrogens with two attached hydrogens (primary N) is 1. The lowest BCUT2D eigenvalue weighted by Crippen LogP contribution is -2.48. The highest BCUT2D eigenvalue weighted by Crippen LogP contribution is 2.26. The third-order valence-corrected chi connectivity index (χ3v) is 4.36. The summed E-state index contributed by atoms with van der Waals surface area (Å²) in [6.45, 7) is 10.5. The largest absolute Gasteiger partial charge is 0.397 e. The van der Waals surface area contributed by atoms with Crippen molar-refractivity contribution in [1.29, 1.82) is 0 Å². The number of nitrogens with zero attached hydrogens (tertiary/aromatic N) is 1. The molecule has 0 aromatic heterocycles. The molecular formula is C16H26ClN3O. The molecule has 0 bridgehead atoms. The molecule has 4 nitrogen and oxygen atoms in total. The number of carbonyl (C=O) groups is 1. The van der Waals surface area contributed by atoms with E-state index in [0.717, 1.165) is 0 Å². The van der Waals surface area contributed by atoms with E-state index in [2.05, 4.69) is 37.9 Å². The maximum Gasteiger partial charge on any atom is 0.241 e. The Morgan fingerprint density at radius 3 is 2.38 bits per heavy atom. The normalized spacial score (nSPS) is 14.9. The summed E-state index contributed by atoms with van der Waals surface area (Å²) in [7, 11) is 1.96. The molecular weight excluding hydrogens is 286 g/mol. The first kappa shape index (κ1) is 17.8. The lowest BCUT2D eigenvalue weighted by molar-refractivity contribution is -0.121. The summed E-state index contributed by atoms with van der Waals surface area (Å²) in [4.78, 5) is 14.5. The summed E-state index contributed by atoms with van der Waals surface area (Å²) >= 11 is 5.86. The van der Waals surface area contributed by atoms with E-state index in [1.54, 1.807) is 18.2 Å². The van der Waals surface area contributed by atoms with Gasteiger partial charge in [0.2, 0.25) is 5.91 Å². The number of anilines is 2. The fourth-order valence-electron chi connectivity index (χ4n) is 2.02. The minimum absolute atomic E-state index is 0.0809. The number of amides is 1. The molecule has 21 heavy (non-hydrogen) atoms. The van der Waals surface area contributed by atoms with Crippen molar-refractivity contribution in [2.75, 3.05) is 18.1 Å². The van der Waals surface area contributed by atoms with Gasteiger partial charge in [0, 0.05) is 11.1 Å². The zero-order valence-electron chi connectivity index (χ0n) is 13.7. The number of carbonyl (C=O) groups excluding carboxylic acids is 1. The molecule has 0 heterocycles. The fraction of sp³-hybridized carbons (Fsp3) is 0.562. The van der Waals surface area contributed by atoms with E-state index < -0.39 is 0 Å². The number of benzene rings is 1. The van der Waals surface area contributed by atoms with Gasteiger partial charge in [-0.15, -0.1) is 0 Å². The lowest BCUT2D eigenvalue weighted by atomic mass is 9.86. The topological polar surface area (TPSA) is 58.4 Å². The second-order valence-electron chi connectivity index (χ2n) is 6.60. The molecule has 3 N–H and O–H groups in total. The Balaban J connectivity index is 2.79. The van der Waals surface area contributed by atoms with Crippen molar-refractivity contribution < 1.29 is 4.79 Å². The van der Waals surface area contributed by atoms with Gasteiger partial charge in [0.15, 0.2) is 0 Å². The van der Waals surface area contributed by atoms with Crippen LogP contribution in [0, 0.1) is 5.41 Å². The van der Waals surface area contributed by atoms with E-state index in [4.69, 9.17) is 17.3 Å². The molecule has 0 aliphatic carbocycles. The van der Waals surface area contributed by atoms with Crippen molar-refractivity contribution in [2.24, 2.45) is 5.41 Å². The van der Waals surface area contributed by atoms with Crippen molar-refractivity contribution >= 4 is 28.9 Å². The molecule has 2 unspecified atom stereocenters. The van der Waals surface area contributed by atoms with Gasteiger partial charge < -0.3 is 11.1 Å². The van der Waals surface area contributed by atoms with Crippen LogP contribution in [0.4, 0.5) is 11.4 Å². The first-order chi connectivity index (χ1) is 9.54. The molecule has 118 valence electrons. The van der Waals surface area contributed by atoms with E-state index in [9.17, 15) is 4.79 Å². The quantitative estimate of drug-likeness (QED) is 0.835. The Hall–Kier alpha value is -1.26. The number of likely N-dealkylation sites (N-methyl/N-ethyl adjacent to an activating group) is 1. The van der Waals surface area contributed by atoms with E-state index in [-0.39, 0.29) is 23.4 Å². The maximum absolute atomic E-state index is 12.4. The van der Waals surface area contributed by atoms with Gasteiger partial charge in [0.25, 0.3) is 0 Å². The van der Waals surface area contributed by atoms with Gasteiger partial charge in [0.05, 0.1) is 17.4 Å². The van der Waals surface area contributed by atoms with Crippen LogP contribution in [0.2, 0.25) is 5.02 Å². The predicted octanol–water partition coefficient (Wildman–Crippen LogP) is 3.62. The van der Waals surface area contributed by atoms with Crippen LogP contribution in [0.3, 0.4) is 0 Å².